The number of hydrogen-bond acceptors (Lipinski definition) is 3. The summed E-state index contributed by atoms with van der Waals surface area (Å²) in [4.78, 5) is 6.88. The Morgan fingerprint density at radius 1 is 1.47 bits per heavy atom. The Hall–Kier alpha value is -0.930. The first-order valence-electron chi connectivity index (χ1n) is 6.65. The number of aromatic nitrogens is 1. The van der Waals surface area contributed by atoms with Gasteiger partial charge in [-0.15, -0.1) is 0 Å². The van der Waals surface area contributed by atoms with Gasteiger partial charge in [-0.25, -0.2) is 0 Å². The number of pyridine rings is 1. The third-order valence-corrected chi connectivity index (χ3v) is 3.38. The van der Waals surface area contributed by atoms with Crippen molar-refractivity contribution in [2.75, 3.05) is 19.6 Å². The van der Waals surface area contributed by atoms with Gasteiger partial charge < -0.3 is 5.32 Å². The monoisotopic (exact) mass is 233 g/mol. The molecule has 1 aromatic heterocycles. The molecule has 1 N–H and O–H groups in total. The minimum atomic E-state index is 0.704. The van der Waals surface area contributed by atoms with E-state index in [0.717, 1.165) is 19.6 Å². The van der Waals surface area contributed by atoms with E-state index in [0.29, 0.717) is 6.04 Å². The molecule has 1 aliphatic rings. The van der Waals surface area contributed by atoms with Crippen molar-refractivity contribution in [2.24, 2.45) is 0 Å². The summed E-state index contributed by atoms with van der Waals surface area (Å²) < 4.78 is 0. The van der Waals surface area contributed by atoms with Gasteiger partial charge in [-0.3, -0.25) is 9.88 Å². The van der Waals surface area contributed by atoms with Crippen molar-refractivity contribution < 1.29 is 0 Å². The molecule has 94 valence electrons. The molecule has 0 bridgehead atoms. The lowest BCUT2D eigenvalue weighted by Crippen LogP contribution is -2.36. The summed E-state index contributed by atoms with van der Waals surface area (Å²) in [5.41, 5.74) is 2.59. The predicted molar refractivity (Wildman–Crippen MR) is 70.9 cm³/mol. The fraction of sp³-hybridized carbons (Fsp3) is 0.643. The molecule has 0 amide bonds. The van der Waals surface area contributed by atoms with E-state index in [2.05, 4.69) is 35.1 Å². The molecule has 0 aliphatic carbocycles. The molecule has 1 saturated heterocycles. The van der Waals surface area contributed by atoms with Crippen LogP contribution in [0.3, 0.4) is 0 Å². The first kappa shape index (κ1) is 12.5. The summed E-state index contributed by atoms with van der Waals surface area (Å²) in [5, 5.41) is 3.45. The maximum atomic E-state index is 4.28. The van der Waals surface area contributed by atoms with Gasteiger partial charge in [-0.1, -0.05) is 13.0 Å². The van der Waals surface area contributed by atoms with Gasteiger partial charge in [0.25, 0.3) is 0 Å². The highest BCUT2D eigenvalue weighted by Gasteiger charge is 2.21. The van der Waals surface area contributed by atoms with Crippen molar-refractivity contribution in [3.63, 3.8) is 0 Å². The maximum Gasteiger partial charge on any atom is 0.0313 e. The Labute approximate surface area is 104 Å². The van der Waals surface area contributed by atoms with Crippen molar-refractivity contribution in [3.8, 4) is 0 Å². The zero-order valence-electron chi connectivity index (χ0n) is 10.9. The molecule has 0 aromatic carbocycles. The number of rotatable bonds is 5. The molecule has 2 rings (SSSR count). The van der Waals surface area contributed by atoms with Gasteiger partial charge in [0.2, 0.25) is 0 Å². The fourth-order valence-electron chi connectivity index (χ4n) is 2.57. The molecule has 1 atom stereocenters. The molecule has 0 spiro atoms. The molecule has 1 unspecified atom stereocenters. The quantitative estimate of drug-likeness (QED) is 0.842. The second kappa shape index (κ2) is 6.12. The summed E-state index contributed by atoms with van der Waals surface area (Å²) in [5.74, 6) is 0. The molecule has 0 saturated carbocycles. The maximum absolute atomic E-state index is 4.28. The van der Waals surface area contributed by atoms with Crippen molar-refractivity contribution in [3.05, 3.63) is 29.6 Å². The standard InChI is InChI=1S/C14H23N3/c1-3-6-17(14-4-5-15-10-14)11-13-7-12(2)8-16-9-13/h7-9,14-15H,3-6,10-11H2,1-2H3. The third kappa shape index (κ3) is 3.51. The van der Waals surface area contributed by atoms with Crippen LogP contribution in [0.1, 0.15) is 30.9 Å². The van der Waals surface area contributed by atoms with Crippen LogP contribution in [0.4, 0.5) is 0 Å². The molecular weight excluding hydrogens is 210 g/mol. The number of aryl methyl sites for hydroxylation is 1. The van der Waals surface area contributed by atoms with E-state index in [1.54, 1.807) is 0 Å². The minimum Gasteiger partial charge on any atom is -0.315 e. The van der Waals surface area contributed by atoms with Gasteiger partial charge in [-0.2, -0.15) is 0 Å². The van der Waals surface area contributed by atoms with E-state index in [9.17, 15) is 0 Å². The average Bonchev–Trinajstić information content (AvgIpc) is 2.82. The van der Waals surface area contributed by atoms with Crippen LogP contribution in [0, 0.1) is 6.92 Å². The van der Waals surface area contributed by atoms with Crippen LogP contribution in [0.2, 0.25) is 0 Å². The van der Waals surface area contributed by atoms with Crippen LogP contribution in [-0.2, 0) is 6.54 Å². The lowest BCUT2D eigenvalue weighted by Gasteiger charge is -2.27. The lowest BCUT2D eigenvalue weighted by atomic mass is 10.1. The highest BCUT2D eigenvalue weighted by Crippen LogP contribution is 2.14. The van der Waals surface area contributed by atoms with E-state index in [4.69, 9.17) is 0 Å². The zero-order chi connectivity index (χ0) is 12.1. The summed E-state index contributed by atoms with van der Waals surface area (Å²) in [6.07, 6.45) is 6.41. The highest BCUT2D eigenvalue weighted by atomic mass is 15.2. The Balaban J connectivity index is 2.01. The van der Waals surface area contributed by atoms with Crippen molar-refractivity contribution in [2.45, 2.75) is 39.3 Å². The van der Waals surface area contributed by atoms with E-state index in [1.807, 2.05) is 12.4 Å². The zero-order valence-corrected chi connectivity index (χ0v) is 10.9. The Kier molecular flexibility index (Phi) is 4.51. The third-order valence-electron chi connectivity index (χ3n) is 3.38. The van der Waals surface area contributed by atoms with E-state index in [-0.39, 0.29) is 0 Å². The van der Waals surface area contributed by atoms with Gasteiger partial charge in [0, 0.05) is 31.5 Å². The SMILES string of the molecule is CCCN(Cc1cncc(C)c1)C1CCNC1. The largest absolute Gasteiger partial charge is 0.315 e. The number of nitrogens with zero attached hydrogens (tertiary/aromatic N) is 2. The van der Waals surface area contributed by atoms with Gasteiger partial charge in [0.1, 0.15) is 0 Å². The summed E-state index contributed by atoms with van der Waals surface area (Å²) in [7, 11) is 0. The number of hydrogen-bond donors (Lipinski definition) is 1. The summed E-state index contributed by atoms with van der Waals surface area (Å²) >= 11 is 0. The van der Waals surface area contributed by atoms with Gasteiger partial charge in [-0.05, 0) is 44.0 Å². The summed E-state index contributed by atoms with van der Waals surface area (Å²) in [6, 6.07) is 2.95. The molecule has 0 radical (unpaired) electrons. The van der Waals surface area contributed by atoms with Crippen molar-refractivity contribution in [1.82, 2.24) is 15.2 Å². The molecule has 2 heterocycles. The second-order valence-corrected chi connectivity index (χ2v) is 4.99. The molecule has 1 fully saturated rings. The smallest absolute Gasteiger partial charge is 0.0313 e. The Morgan fingerprint density at radius 2 is 2.35 bits per heavy atom. The van der Waals surface area contributed by atoms with Crippen LogP contribution in [0.5, 0.6) is 0 Å². The Bertz CT molecular complexity index is 345. The lowest BCUT2D eigenvalue weighted by molar-refractivity contribution is 0.199. The van der Waals surface area contributed by atoms with Gasteiger partial charge in [0.15, 0.2) is 0 Å². The van der Waals surface area contributed by atoms with Crippen LogP contribution < -0.4 is 5.32 Å². The van der Waals surface area contributed by atoms with Crippen LogP contribution in [0.25, 0.3) is 0 Å². The normalized spacial score (nSPS) is 20.1. The molecule has 3 nitrogen and oxygen atoms in total. The number of nitrogens with one attached hydrogen (secondary N) is 1. The van der Waals surface area contributed by atoms with Crippen LogP contribution >= 0.6 is 0 Å². The van der Waals surface area contributed by atoms with Crippen LogP contribution in [0.15, 0.2) is 18.5 Å². The molecule has 17 heavy (non-hydrogen) atoms. The molecule has 1 aromatic rings. The first-order chi connectivity index (χ1) is 8.29. The highest BCUT2D eigenvalue weighted by molar-refractivity contribution is 5.16. The first-order valence-corrected chi connectivity index (χ1v) is 6.65. The minimum absolute atomic E-state index is 0.704. The van der Waals surface area contributed by atoms with Crippen LogP contribution in [-0.4, -0.2) is 35.6 Å². The molecular formula is C14H23N3. The molecule has 1 aliphatic heterocycles. The van der Waals surface area contributed by atoms with Crippen molar-refractivity contribution in [1.29, 1.82) is 0 Å². The van der Waals surface area contributed by atoms with Gasteiger partial charge in [0.05, 0.1) is 0 Å². The Morgan fingerprint density at radius 3 is 3.00 bits per heavy atom. The summed E-state index contributed by atoms with van der Waals surface area (Å²) in [6.45, 7) is 8.88. The van der Waals surface area contributed by atoms with Gasteiger partial charge >= 0.3 is 0 Å². The topological polar surface area (TPSA) is 28.2 Å². The van der Waals surface area contributed by atoms with Crippen molar-refractivity contribution >= 4 is 0 Å². The molecule has 3 heteroatoms. The fourth-order valence-corrected chi connectivity index (χ4v) is 2.57. The average molecular weight is 233 g/mol. The predicted octanol–water partition coefficient (Wildman–Crippen LogP) is 1.96. The van der Waals surface area contributed by atoms with E-state index >= 15 is 0 Å². The van der Waals surface area contributed by atoms with E-state index in [1.165, 1.54) is 30.5 Å². The van der Waals surface area contributed by atoms with E-state index < -0.39 is 0 Å². The second-order valence-electron chi connectivity index (χ2n) is 4.99.